The van der Waals surface area contributed by atoms with Crippen molar-refractivity contribution in [1.29, 1.82) is 0 Å². The molecular weight excluding hydrogens is 499 g/mol. The number of rotatable bonds is 6. The number of halogens is 1. The number of hydrogen-bond acceptors (Lipinski definition) is 5. The Bertz CT molecular complexity index is 1590. The second kappa shape index (κ2) is 10.2. The molecule has 1 saturated heterocycles. The predicted octanol–water partition coefficient (Wildman–Crippen LogP) is 5.28. The monoisotopic (exact) mass is 534 g/mol. The molecule has 6 nitrogen and oxygen atoms in total. The molecule has 0 amide bonds. The van der Waals surface area contributed by atoms with Crippen LogP contribution in [0.25, 0.3) is 33.5 Å². The lowest BCUT2D eigenvalue weighted by molar-refractivity contribution is 0.139. The Labute approximate surface area is 224 Å². The Hall–Kier alpha value is -3.07. The van der Waals surface area contributed by atoms with Crippen LogP contribution in [0.15, 0.2) is 59.5 Å². The van der Waals surface area contributed by atoms with Crippen molar-refractivity contribution >= 4 is 20.9 Å². The topological polar surface area (TPSA) is 58.4 Å². The second-order valence-corrected chi connectivity index (χ2v) is 12.7. The minimum atomic E-state index is -3.26. The van der Waals surface area contributed by atoms with Crippen molar-refractivity contribution in [2.75, 3.05) is 33.4 Å². The first-order chi connectivity index (χ1) is 18.0. The van der Waals surface area contributed by atoms with Crippen molar-refractivity contribution in [3.8, 4) is 22.5 Å². The van der Waals surface area contributed by atoms with Crippen LogP contribution in [0.5, 0.6) is 0 Å². The van der Waals surface area contributed by atoms with Gasteiger partial charge in [0.05, 0.1) is 15.9 Å². The number of sulfone groups is 1. The van der Waals surface area contributed by atoms with Crippen LogP contribution >= 0.6 is 0 Å². The Morgan fingerprint density at radius 3 is 2.24 bits per heavy atom. The quantitative estimate of drug-likeness (QED) is 0.337. The zero-order valence-electron chi connectivity index (χ0n) is 22.7. The van der Waals surface area contributed by atoms with Crippen LogP contribution in [0, 0.1) is 12.7 Å². The fourth-order valence-electron chi connectivity index (χ4n) is 5.42. The maximum absolute atomic E-state index is 15.2. The van der Waals surface area contributed by atoms with E-state index in [1.54, 1.807) is 30.3 Å². The van der Waals surface area contributed by atoms with Crippen LogP contribution < -0.4 is 0 Å². The lowest BCUT2D eigenvalue weighted by atomic mass is 9.99. The van der Waals surface area contributed by atoms with Gasteiger partial charge >= 0.3 is 0 Å². The summed E-state index contributed by atoms with van der Waals surface area (Å²) in [6.07, 6.45) is 3.42. The molecule has 0 bridgehead atoms. The number of aromatic nitrogens is 2. The van der Waals surface area contributed by atoms with Gasteiger partial charge in [-0.05, 0) is 106 Å². The van der Waals surface area contributed by atoms with Gasteiger partial charge in [0.1, 0.15) is 11.6 Å². The summed E-state index contributed by atoms with van der Waals surface area (Å²) < 4.78 is 40.9. The fourth-order valence-corrected chi connectivity index (χ4v) is 6.05. The molecule has 0 unspecified atom stereocenters. The van der Waals surface area contributed by atoms with Crippen molar-refractivity contribution in [2.45, 2.75) is 37.2 Å². The molecule has 5 rings (SSSR count). The smallest absolute Gasteiger partial charge is 0.175 e. The molecule has 2 heterocycles. The average molecular weight is 535 g/mol. The minimum absolute atomic E-state index is 0.174. The molecule has 1 aromatic heterocycles. The van der Waals surface area contributed by atoms with Gasteiger partial charge in [-0.2, -0.15) is 0 Å². The van der Waals surface area contributed by atoms with Gasteiger partial charge in [-0.15, -0.1) is 0 Å². The van der Waals surface area contributed by atoms with Gasteiger partial charge in [-0.1, -0.05) is 12.1 Å². The molecule has 3 aromatic carbocycles. The number of nitrogens with zero attached hydrogens (tertiary/aromatic N) is 4. The highest BCUT2D eigenvalue weighted by molar-refractivity contribution is 7.90. The Morgan fingerprint density at radius 1 is 0.974 bits per heavy atom. The first-order valence-corrected chi connectivity index (χ1v) is 14.9. The van der Waals surface area contributed by atoms with Gasteiger partial charge in [0.15, 0.2) is 9.84 Å². The van der Waals surface area contributed by atoms with E-state index in [9.17, 15) is 8.42 Å². The summed E-state index contributed by atoms with van der Waals surface area (Å²) in [6.45, 7) is 4.62. The second-order valence-electron chi connectivity index (χ2n) is 10.7. The third kappa shape index (κ3) is 5.25. The van der Waals surface area contributed by atoms with Crippen LogP contribution in [0.3, 0.4) is 0 Å². The number of imidazole rings is 1. The van der Waals surface area contributed by atoms with Crippen LogP contribution in [0.1, 0.15) is 24.0 Å². The average Bonchev–Trinajstić information content (AvgIpc) is 3.22. The van der Waals surface area contributed by atoms with Crippen LogP contribution in [-0.4, -0.2) is 67.3 Å². The summed E-state index contributed by atoms with van der Waals surface area (Å²) in [5, 5.41) is 0. The number of likely N-dealkylation sites (tertiary alicyclic amines) is 1. The fraction of sp³-hybridized carbons (Fsp3) is 0.367. The van der Waals surface area contributed by atoms with E-state index < -0.39 is 9.84 Å². The summed E-state index contributed by atoms with van der Waals surface area (Å²) in [5.74, 6) is 0.575. The summed E-state index contributed by atoms with van der Waals surface area (Å²) in [7, 11) is 2.94. The highest BCUT2D eigenvalue weighted by Gasteiger charge is 2.21. The van der Waals surface area contributed by atoms with Gasteiger partial charge in [-0.25, -0.2) is 17.8 Å². The van der Waals surface area contributed by atoms with Gasteiger partial charge in [-0.3, -0.25) is 4.90 Å². The summed E-state index contributed by atoms with van der Waals surface area (Å²) >= 11 is 0. The van der Waals surface area contributed by atoms with Gasteiger partial charge in [0, 0.05) is 37.0 Å². The number of hydrogen-bond donors (Lipinski definition) is 0. The van der Waals surface area contributed by atoms with E-state index >= 15 is 4.39 Å². The van der Waals surface area contributed by atoms with Crippen LogP contribution in [-0.2, 0) is 23.4 Å². The summed E-state index contributed by atoms with van der Waals surface area (Å²) in [4.78, 5) is 9.76. The van der Waals surface area contributed by atoms with Crippen molar-refractivity contribution in [3.63, 3.8) is 0 Å². The number of piperidine rings is 1. The lowest BCUT2D eigenvalue weighted by Crippen LogP contribution is -2.41. The molecule has 38 heavy (non-hydrogen) atoms. The first-order valence-electron chi connectivity index (χ1n) is 13.0. The molecule has 1 fully saturated rings. The first kappa shape index (κ1) is 26.5. The van der Waals surface area contributed by atoms with Gasteiger partial charge in [0.2, 0.25) is 0 Å². The van der Waals surface area contributed by atoms with E-state index in [1.807, 2.05) is 42.8 Å². The predicted molar refractivity (Wildman–Crippen MR) is 151 cm³/mol. The third-order valence-electron chi connectivity index (χ3n) is 7.79. The molecule has 0 spiro atoms. The normalized spacial score (nSPS) is 15.6. The highest BCUT2D eigenvalue weighted by atomic mass is 32.2. The van der Waals surface area contributed by atoms with Crippen LogP contribution in [0.2, 0.25) is 0 Å². The van der Waals surface area contributed by atoms with E-state index in [1.165, 1.54) is 6.26 Å². The Balaban J connectivity index is 1.41. The Kier molecular flexibility index (Phi) is 7.15. The highest BCUT2D eigenvalue weighted by Crippen LogP contribution is 2.32. The zero-order valence-corrected chi connectivity index (χ0v) is 23.5. The maximum atomic E-state index is 15.2. The van der Waals surface area contributed by atoms with Crippen molar-refractivity contribution in [2.24, 2.45) is 7.05 Å². The zero-order chi connectivity index (χ0) is 27.2. The molecule has 8 heteroatoms. The van der Waals surface area contributed by atoms with E-state index in [2.05, 4.69) is 23.9 Å². The molecule has 1 aliphatic heterocycles. The SMILES string of the molecule is Cc1cc(-c2ccc(CN3CCC(N(C)C)CC3)c(F)c2)cc2c1nc(-c1ccc(S(C)(=O)=O)cc1)n2C. The van der Waals surface area contributed by atoms with Crippen LogP contribution in [0.4, 0.5) is 4.39 Å². The van der Waals surface area contributed by atoms with E-state index in [4.69, 9.17) is 4.98 Å². The van der Waals surface area contributed by atoms with E-state index in [0.29, 0.717) is 12.6 Å². The Morgan fingerprint density at radius 2 is 1.63 bits per heavy atom. The maximum Gasteiger partial charge on any atom is 0.175 e. The molecule has 1 aliphatic rings. The lowest BCUT2D eigenvalue weighted by Gasteiger charge is -2.35. The number of benzene rings is 3. The molecule has 4 aromatic rings. The molecular formula is C30H35FN4O2S. The van der Waals surface area contributed by atoms with Crippen molar-refractivity contribution in [1.82, 2.24) is 19.4 Å². The largest absolute Gasteiger partial charge is 0.327 e. The van der Waals surface area contributed by atoms with Crippen molar-refractivity contribution < 1.29 is 12.8 Å². The molecule has 0 saturated carbocycles. The third-order valence-corrected chi connectivity index (χ3v) is 8.91. The number of fused-ring (bicyclic) bond motifs is 1. The summed E-state index contributed by atoms with van der Waals surface area (Å²) in [6, 6.07) is 17.0. The molecule has 0 atom stereocenters. The van der Waals surface area contributed by atoms with Gasteiger partial charge in [0.25, 0.3) is 0 Å². The van der Waals surface area contributed by atoms with E-state index in [0.717, 1.165) is 70.6 Å². The minimum Gasteiger partial charge on any atom is -0.327 e. The standard InChI is InChI=1S/C30H35FN4O2S/c1-20-16-24(22-6-7-23(27(31)17-22)19-35-14-12-25(13-15-35)33(2)3)18-28-29(20)32-30(34(28)4)21-8-10-26(11-9-21)38(5,36)37/h6-11,16-18,25H,12-15,19H2,1-5H3. The number of aryl methyl sites for hydroxylation is 2. The molecule has 0 radical (unpaired) electrons. The summed E-state index contributed by atoms with van der Waals surface area (Å²) in [5.41, 5.74) is 6.15. The molecule has 0 N–H and O–H groups in total. The van der Waals surface area contributed by atoms with Crippen molar-refractivity contribution in [3.05, 3.63) is 71.5 Å². The van der Waals surface area contributed by atoms with E-state index in [-0.39, 0.29) is 10.7 Å². The van der Waals surface area contributed by atoms with Gasteiger partial charge < -0.3 is 9.47 Å². The molecule has 0 aliphatic carbocycles. The molecule has 200 valence electrons.